The monoisotopic (exact) mass is 233 g/mol. The molecule has 84 valence electrons. The fourth-order valence-corrected chi connectivity index (χ4v) is 1.99. The number of rotatable bonds is 2. The lowest BCUT2D eigenvalue weighted by Gasteiger charge is -2.23. The third kappa shape index (κ3) is 1.83. The Morgan fingerprint density at radius 3 is 3.07 bits per heavy atom. The summed E-state index contributed by atoms with van der Waals surface area (Å²) in [4.78, 5) is -0.0861. The van der Waals surface area contributed by atoms with Crippen LogP contribution < -0.4 is 9.88 Å². The van der Waals surface area contributed by atoms with Crippen molar-refractivity contribution in [3.05, 3.63) is 6.20 Å². The molecule has 0 aromatic carbocycles. The maximum absolute atomic E-state index is 11.1. The summed E-state index contributed by atoms with van der Waals surface area (Å²) in [6.07, 6.45) is 1.06. The van der Waals surface area contributed by atoms with Gasteiger partial charge >= 0.3 is 0 Å². The predicted molar refractivity (Wildman–Crippen MR) is 49.9 cm³/mol. The summed E-state index contributed by atoms with van der Waals surface area (Å²) < 4.78 is 34.0. The first-order valence-corrected chi connectivity index (χ1v) is 5.81. The van der Waals surface area contributed by atoms with Gasteiger partial charge in [-0.1, -0.05) is 0 Å². The smallest absolute Gasteiger partial charge is 0.245 e. The fourth-order valence-electron chi connectivity index (χ4n) is 1.39. The molecule has 8 heteroatoms. The highest BCUT2D eigenvalue weighted by Gasteiger charge is 2.27. The number of ether oxygens (including phenoxy) is 2. The van der Waals surface area contributed by atoms with Crippen LogP contribution in [0.15, 0.2) is 11.1 Å². The number of sulfonamides is 1. The molecule has 1 atom stereocenters. The number of aromatic nitrogens is 2. The molecule has 2 heterocycles. The van der Waals surface area contributed by atoms with Gasteiger partial charge in [0.25, 0.3) is 0 Å². The quantitative estimate of drug-likeness (QED) is 0.702. The van der Waals surface area contributed by atoms with Crippen molar-refractivity contribution >= 4 is 10.0 Å². The van der Waals surface area contributed by atoms with Crippen LogP contribution in [0.3, 0.4) is 0 Å². The Kier molecular flexibility index (Phi) is 2.41. The molecule has 0 bridgehead atoms. The zero-order chi connectivity index (χ0) is 11.1. The summed E-state index contributed by atoms with van der Waals surface area (Å²) in [5, 5.41) is 8.87. The molecule has 1 aliphatic rings. The highest BCUT2D eigenvalue weighted by Crippen LogP contribution is 2.25. The molecular weight excluding hydrogens is 222 g/mol. The van der Waals surface area contributed by atoms with Crippen LogP contribution in [0.2, 0.25) is 0 Å². The summed E-state index contributed by atoms with van der Waals surface area (Å²) in [5.74, 6) is 0.186. The Bertz CT molecular complexity index is 467. The Morgan fingerprint density at radius 2 is 2.47 bits per heavy atom. The van der Waals surface area contributed by atoms with Crippen molar-refractivity contribution in [1.82, 2.24) is 9.78 Å². The van der Waals surface area contributed by atoms with Crippen LogP contribution in [-0.4, -0.2) is 38.0 Å². The molecule has 0 amide bonds. The summed E-state index contributed by atoms with van der Waals surface area (Å²) in [6.45, 7) is 0.756. The van der Waals surface area contributed by atoms with E-state index in [1.165, 1.54) is 10.9 Å². The molecule has 15 heavy (non-hydrogen) atoms. The molecule has 0 saturated heterocycles. The number of hydrogen-bond donors (Lipinski definition) is 1. The van der Waals surface area contributed by atoms with E-state index in [0.29, 0.717) is 13.2 Å². The average molecular weight is 233 g/mol. The fraction of sp³-hybridized carbons (Fsp3) is 0.571. The van der Waals surface area contributed by atoms with E-state index >= 15 is 0 Å². The van der Waals surface area contributed by atoms with Crippen LogP contribution in [0.25, 0.3) is 0 Å². The van der Waals surface area contributed by atoms with Gasteiger partial charge in [-0.15, -0.1) is 0 Å². The van der Waals surface area contributed by atoms with Gasteiger partial charge < -0.3 is 9.47 Å². The van der Waals surface area contributed by atoms with Crippen molar-refractivity contribution in [3.63, 3.8) is 0 Å². The molecule has 0 aliphatic carbocycles. The number of fused-ring (bicyclic) bond motifs is 1. The van der Waals surface area contributed by atoms with E-state index in [1.807, 2.05) is 0 Å². The van der Waals surface area contributed by atoms with Gasteiger partial charge in [0.2, 0.25) is 15.9 Å². The Labute approximate surface area is 86.8 Å². The Balaban J connectivity index is 2.38. The van der Waals surface area contributed by atoms with Gasteiger partial charge in [-0.2, -0.15) is 5.10 Å². The van der Waals surface area contributed by atoms with Gasteiger partial charge in [0.15, 0.2) is 4.90 Å². The normalized spacial score (nSPS) is 20.8. The van der Waals surface area contributed by atoms with E-state index in [1.54, 1.807) is 7.11 Å². The molecule has 1 aromatic heterocycles. The largest absolute Gasteiger partial charge is 0.474 e. The maximum Gasteiger partial charge on any atom is 0.245 e. The van der Waals surface area contributed by atoms with E-state index in [2.05, 4.69) is 5.10 Å². The molecule has 2 rings (SSSR count). The van der Waals surface area contributed by atoms with Crippen LogP contribution in [-0.2, 0) is 21.3 Å². The van der Waals surface area contributed by atoms with Gasteiger partial charge in [0, 0.05) is 7.11 Å². The van der Waals surface area contributed by atoms with Crippen molar-refractivity contribution in [2.24, 2.45) is 5.14 Å². The molecule has 2 N–H and O–H groups in total. The van der Waals surface area contributed by atoms with E-state index in [4.69, 9.17) is 14.6 Å². The van der Waals surface area contributed by atoms with E-state index < -0.39 is 10.0 Å². The van der Waals surface area contributed by atoms with Gasteiger partial charge in [-0.05, 0) is 0 Å². The lowest BCUT2D eigenvalue weighted by atomic mass is 10.3. The molecule has 0 fully saturated rings. The average Bonchev–Trinajstić information content (AvgIpc) is 2.59. The highest BCUT2D eigenvalue weighted by molar-refractivity contribution is 7.89. The van der Waals surface area contributed by atoms with E-state index in [-0.39, 0.29) is 16.9 Å². The minimum atomic E-state index is -3.77. The molecular formula is C7H11N3O4S. The van der Waals surface area contributed by atoms with E-state index in [9.17, 15) is 8.42 Å². The SMILES string of the molecule is CO[C@@H]1COc2c(S(N)(=O)=O)cnn2C1. The topological polar surface area (TPSA) is 96.4 Å². The van der Waals surface area contributed by atoms with E-state index in [0.717, 1.165) is 0 Å². The van der Waals surface area contributed by atoms with Crippen LogP contribution in [0.5, 0.6) is 5.88 Å². The van der Waals surface area contributed by atoms with Crippen molar-refractivity contribution < 1.29 is 17.9 Å². The number of nitrogens with two attached hydrogens (primary N) is 1. The Morgan fingerprint density at radius 1 is 1.73 bits per heavy atom. The van der Waals surface area contributed by atoms with Gasteiger partial charge in [0.1, 0.15) is 12.7 Å². The van der Waals surface area contributed by atoms with Crippen molar-refractivity contribution in [1.29, 1.82) is 0 Å². The minimum Gasteiger partial charge on any atom is -0.474 e. The number of primary sulfonamides is 1. The lowest BCUT2D eigenvalue weighted by Crippen LogP contribution is -2.32. The van der Waals surface area contributed by atoms with Crippen molar-refractivity contribution in [3.8, 4) is 5.88 Å². The third-order valence-electron chi connectivity index (χ3n) is 2.18. The molecule has 0 radical (unpaired) electrons. The molecule has 1 aliphatic heterocycles. The second-order valence-electron chi connectivity index (χ2n) is 3.21. The van der Waals surface area contributed by atoms with Crippen LogP contribution in [0, 0.1) is 0 Å². The molecule has 7 nitrogen and oxygen atoms in total. The Hall–Kier alpha value is -1.12. The maximum atomic E-state index is 11.1. The summed E-state index contributed by atoms with van der Waals surface area (Å²) >= 11 is 0. The number of hydrogen-bond acceptors (Lipinski definition) is 5. The van der Waals surface area contributed by atoms with Crippen LogP contribution >= 0.6 is 0 Å². The number of nitrogens with zero attached hydrogens (tertiary/aromatic N) is 2. The van der Waals surface area contributed by atoms with Crippen LogP contribution in [0.4, 0.5) is 0 Å². The van der Waals surface area contributed by atoms with Crippen molar-refractivity contribution in [2.75, 3.05) is 13.7 Å². The summed E-state index contributed by atoms with van der Waals surface area (Å²) in [5.41, 5.74) is 0. The minimum absolute atomic E-state index is 0.0861. The van der Waals surface area contributed by atoms with Gasteiger partial charge in [0.05, 0.1) is 12.7 Å². The molecule has 0 saturated carbocycles. The second kappa shape index (κ2) is 3.47. The third-order valence-corrected chi connectivity index (χ3v) is 3.08. The molecule has 0 unspecified atom stereocenters. The lowest BCUT2D eigenvalue weighted by molar-refractivity contribution is 0.0165. The van der Waals surface area contributed by atoms with Gasteiger partial charge in [-0.25, -0.2) is 18.2 Å². The molecule has 0 spiro atoms. The van der Waals surface area contributed by atoms with Crippen molar-refractivity contribution in [2.45, 2.75) is 17.5 Å². The predicted octanol–water partition coefficient (Wildman–Crippen LogP) is -1.06. The zero-order valence-corrected chi connectivity index (χ0v) is 8.90. The van der Waals surface area contributed by atoms with Crippen LogP contribution in [0.1, 0.15) is 0 Å². The standard InChI is InChI=1S/C7H11N3O4S/c1-13-5-3-10-7(14-4-5)6(2-9-10)15(8,11)12/h2,5H,3-4H2,1H3,(H2,8,11,12)/t5-/m0/s1. The first-order valence-electron chi connectivity index (χ1n) is 4.26. The summed E-state index contributed by atoms with van der Waals surface area (Å²) in [6, 6.07) is 0. The second-order valence-corrected chi connectivity index (χ2v) is 4.74. The first kappa shape index (κ1) is 10.4. The van der Waals surface area contributed by atoms with Gasteiger partial charge in [-0.3, -0.25) is 0 Å². The zero-order valence-electron chi connectivity index (χ0n) is 8.08. The molecule has 1 aromatic rings. The summed E-state index contributed by atoms with van der Waals surface area (Å²) in [7, 11) is -2.22. The first-order chi connectivity index (χ1) is 7.02. The highest BCUT2D eigenvalue weighted by atomic mass is 32.2. The number of methoxy groups -OCH3 is 1.